The smallest absolute Gasteiger partial charge is 0.244 e. The van der Waals surface area contributed by atoms with Crippen molar-refractivity contribution in [3.8, 4) is 12.1 Å². The van der Waals surface area contributed by atoms with E-state index >= 15 is 0 Å². The SMILES string of the molecule is CN1C(=O)[C@]2(C3=C(C[C@H](c4ccccc4)C2(C#N)C#N)O[C@H](c2ccccc2)CC3=O)c2ccccc21. The van der Waals surface area contributed by atoms with Crippen LogP contribution < -0.4 is 4.90 Å². The molecule has 6 rings (SSSR count). The van der Waals surface area contributed by atoms with Crippen molar-refractivity contribution in [1.29, 1.82) is 10.5 Å². The number of ketones is 1. The highest BCUT2D eigenvalue weighted by Gasteiger charge is 2.73. The first-order chi connectivity index (χ1) is 18.0. The highest BCUT2D eigenvalue weighted by Crippen LogP contribution is 2.66. The second-order valence-corrected chi connectivity index (χ2v) is 9.77. The third-order valence-corrected chi connectivity index (χ3v) is 8.11. The number of anilines is 1. The van der Waals surface area contributed by atoms with E-state index in [1.165, 1.54) is 4.90 Å². The number of likely N-dealkylation sites (N-methyl/N-ethyl adjacent to an activating group) is 1. The summed E-state index contributed by atoms with van der Waals surface area (Å²) < 4.78 is 6.54. The Labute approximate surface area is 215 Å². The van der Waals surface area contributed by atoms with Gasteiger partial charge in [0.15, 0.2) is 11.2 Å². The van der Waals surface area contributed by atoms with Gasteiger partial charge in [0.25, 0.3) is 0 Å². The molecule has 0 N–H and O–H groups in total. The maximum atomic E-state index is 14.4. The van der Waals surface area contributed by atoms with E-state index in [1.54, 1.807) is 31.3 Å². The van der Waals surface area contributed by atoms with Crippen molar-refractivity contribution in [2.45, 2.75) is 30.3 Å². The zero-order valence-corrected chi connectivity index (χ0v) is 20.2. The van der Waals surface area contributed by atoms with Crippen LogP contribution in [-0.2, 0) is 19.7 Å². The number of carbonyl (C=O) groups excluding carboxylic acids is 2. The van der Waals surface area contributed by atoms with Crippen LogP contribution in [0.3, 0.4) is 0 Å². The molecule has 0 aromatic heterocycles. The summed E-state index contributed by atoms with van der Waals surface area (Å²) in [4.78, 5) is 29.9. The molecule has 0 saturated heterocycles. The first kappa shape index (κ1) is 22.8. The van der Waals surface area contributed by atoms with Crippen molar-refractivity contribution in [2.75, 3.05) is 11.9 Å². The number of nitriles is 2. The summed E-state index contributed by atoms with van der Waals surface area (Å²) in [5, 5.41) is 21.6. The van der Waals surface area contributed by atoms with E-state index in [1.807, 2.05) is 60.7 Å². The van der Waals surface area contributed by atoms with Gasteiger partial charge in [-0.15, -0.1) is 0 Å². The van der Waals surface area contributed by atoms with Gasteiger partial charge in [-0.05, 0) is 22.8 Å². The zero-order valence-electron chi connectivity index (χ0n) is 20.2. The monoisotopic (exact) mass is 485 g/mol. The molecule has 3 atom stereocenters. The van der Waals surface area contributed by atoms with Crippen molar-refractivity contribution in [1.82, 2.24) is 0 Å². The summed E-state index contributed by atoms with van der Waals surface area (Å²) in [6, 6.07) is 30.5. The van der Waals surface area contributed by atoms with E-state index in [4.69, 9.17) is 4.74 Å². The van der Waals surface area contributed by atoms with E-state index in [2.05, 4.69) is 12.1 Å². The molecule has 2 heterocycles. The fourth-order valence-electron chi connectivity index (χ4n) is 6.50. The van der Waals surface area contributed by atoms with Crippen LogP contribution >= 0.6 is 0 Å². The average Bonchev–Trinajstić information content (AvgIpc) is 3.17. The van der Waals surface area contributed by atoms with Gasteiger partial charge in [-0.25, -0.2) is 0 Å². The third kappa shape index (κ3) is 2.84. The number of carbonyl (C=O) groups is 2. The molecule has 0 unspecified atom stereocenters. The lowest BCUT2D eigenvalue weighted by atomic mass is 9.47. The lowest BCUT2D eigenvalue weighted by Crippen LogP contribution is -2.59. The Morgan fingerprint density at radius 1 is 0.838 bits per heavy atom. The Kier molecular flexibility index (Phi) is 5.03. The minimum Gasteiger partial charge on any atom is -0.489 e. The number of rotatable bonds is 2. The molecule has 0 fully saturated rings. The number of hydrogen-bond donors (Lipinski definition) is 0. The molecule has 6 heteroatoms. The minimum atomic E-state index is -1.87. The highest BCUT2D eigenvalue weighted by atomic mass is 16.5. The molecule has 3 aromatic rings. The zero-order chi connectivity index (χ0) is 25.8. The normalized spacial score (nSPS) is 25.6. The average molecular weight is 486 g/mol. The van der Waals surface area contributed by atoms with Crippen LogP contribution in [0.25, 0.3) is 0 Å². The fraction of sp³-hybridized carbons (Fsp3) is 0.226. The van der Waals surface area contributed by atoms with Crippen molar-refractivity contribution < 1.29 is 14.3 Å². The Balaban J connectivity index is 1.69. The van der Waals surface area contributed by atoms with E-state index in [-0.39, 0.29) is 24.2 Å². The molecule has 37 heavy (non-hydrogen) atoms. The van der Waals surface area contributed by atoms with Crippen LogP contribution in [0.4, 0.5) is 5.69 Å². The maximum absolute atomic E-state index is 14.4. The molecule has 0 radical (unpaired) electrons. The van der Waals surface area contributed by atoms with Gasteiger partial charge in [-0.1, -0.05) is 78.9 Å². The van der Waals surface area contributed by atoms with Gasteiger partial charge >= 0.3 is 0 Å². The molecule has 180 valence electrons. The molecule has 0 saturated carbocycles. The van der Waals surface area contributed by atoms with E-state index in [0.29, 0.717) is 17.0 Å². The predicted molar refractivity (Wildman–Crippen MR) is 136 cm³/mol. The minimum absolute atomic E-state index is 0.0205. The van der Waals surface area contributed by atoms with Gasteiger partial charge in [-0.2, -0.15) is 10.5 Å². The van der Waals surface area contributed by atoms with Crippen LogP contribution in [0.5, 0.6) is 0 Å². The largest absolute Gasteiger partial charge is 0.489 e. The van der Waals surface area contributed by atoms with Crippen molar-refractivity contribution in [2.24, 2.45) is 5.41 Å². The van der Waals surface area contributed by atoms with E-state index in [0.717, 1.165) is 11.1 Å². The van der Waals surface area contributed by atoms with Gasteiger partial charge < -0.3 is 9.64 Å². The number of ether oxygens (including phenoxy) is 1. The number of hydrogen-bond acceptors (Lipinski definition) is 5. The lowest BCUT2D eigenvalue weighted by Gasteiger charge is -2.50. The fourth-order valence-corrected chi connectivity index (χ4v) is 6.50. The second kappa shape index (κ2) is 8.18. The van der Waals surface area contributed by atoms with Crippen LogP contribution in [0.1, 0.15) is 41.6 Å². The summed E-state index contributed by atoms with van der Waals surface area (Å²) in [5.41, 5.74) is -0.848. The topological polar surface area (TPSA) is 94.2 Å². The van der Waals surface area contributed by atoms with Crippen LogP contribution in [0, 0.1) is 28.1 Å². The molecule has 1 aliphatic carbocycles. The van der Waals surface area contributed by atoms with Crippen molar-refractivity contribution in [3.63, 3.8) is 0 Å². The number of amides is 1. The number of benzene rings is 3. The predicted octanol–water partition coefficient (Wildman–Crippen LogP) is 5.11. The Morgan fingerprint density at radius 2 is 1.43 bits per heavy atom. The molecule has 0 bridgehead atoms. The first-order valence-corrected chi connectivity index (χ1v) is 12.2. The number of Topliss-reactive ketones (excluding diaryl/α,β-unsaturated/α-hetero) is 1. The summed E-state index contributed by atoms with van der Waals surface area (Å²) in [7, 11) is 1.63. The van der Waals surface area contributed by atoms with Gasteiger partial charge in [-0.3, -0.25) is 9.59 Å². The number of allylic oxidation sites excluding steroid dienone is 1. The molecule has 3 aliphatic rings. The highest BCUT2D eigenvalue weighted by molar-refractivity contribution is 6.18. The Hall–Kier alpha value is -4.68. The molecular formula is C31H23N3O3. The van der Waals surface area contributed by atoms with E-state index < -0.39 is 28.8 Å². The van der Waals surface area contributed by atoms with Gasteiger partial charge in [0.1, 0.15) is 17.3 Å². The number of nitrogens with zero attached hydrogens (tertiary/aromatic N) is 3. The van der Waals surface area contributed by atoms with E-state index in [9.17, 15) is 20.1 Å². The number of fused-ring (bicyclic) bond motifs is 3. The van der Waals surface area contributed by atoms with Crippen LogP contribution in [0.15, 0.2) is 96.3 Å². The standard InChI is InChI=1S/C31H23N3O3/c1-34-24-15-9-8-14-22(24)31(29(34)36)28-25(35)17-26(21-12-6-3-7-13-21)37-27(28)16-23(30(31,18-32)19-33)20-10-4-2-5-11-20/h2-15,23,26H,16-17H2,1H3/t23-,26+,31-/m1/s1. The van der Waals surface area contributed by atoms with Crippen LogP contribution in [-0.4, -0.2) is 18.7 Å². The Bertz CT molecular complexity index is 1530. The Morgan fingerprint density at radius 3 is 2.08 bits per heavy atom. The first-order valence-electron chi connectivity index (χ1n) is 12.2. The summed E-state index contributed by atoms with van der Waals surface area (Å²) in [6.07, 6.45) is -0.328. The second-order valence-electron chi connectivity index (χ2n) is 9.77. The molecule has 3 aromatic carbocycles. The summed E-state index contributed by atoms with van der Waals surface area (Å²) in [6.45, 7) is 0. The van der Waals surface area contributed by atoms with Crippen LogP contribution in [0.2, 0.25) is 0 Å². The van der Waals surface area contributed by atoms with Crippen molar-refractivity contribution in [3.05, 3.63) is 113 Å². The molecule has 6 nitrogen and oxygen atoms in total. The molecule has 1 amide bonds. The quantitative estimate of drug-likeness (QED) is 0.503. The molecule has 2 aliphatic heterocycles. The van der Waals surface area contributed by atoms with Gasteiger partial charge in [0, 0.05) is 25.1 Å². The summed E-state index contributed by atoms with van der Waals surface area (Å²) >= 11 is 0. The van der Waals surface area contributed by atoms with Crippen molar-refractivity contribution >= 4 is 17.4 Å². The van der Waals surface area contributed by atoms with Gasteiger partial charge in [0.05, 0.1) is 24.1 Å². The third-order valence-electron chi connectivity index (χ3n) is 8.11. The maximum Gasteiger partial charge on any atom is 0.244 e. The van der Waals surface area contributed by atoms with Gasteiger partial charge in [0.2, 0.25) is 5.91 Å². The molecular weight excluding hydrogens is 462 g/mol. The summed E-state index contributed by atoms with van der Waals surface area (Å²) in [5.74, 6) is -1.04. The molecule has 1 spiro atoms. The lowest BCUT2D eigenvalue weighted by molar-refractivity contribution is -0.131. The number of para-hydroxylation sites is 1.